The van der Waals surface area contributed by atoms with Gasteiger partial charge in [-0.2, -0.15) is 0 Å². The van der Waals surface area contributed by atoms with Crippen LogP contribution >= 0.6 is 0 Å². The number of nitrogens with zero attached hydrogens (tertiary/aromatic N) is 1. The third-order valence-electron chi connectivity index (χ3n) is 3.29. The standard InChI is InChI=1S/2C8H6O.C3H6N2/c2*1-2-4-8-7(3-1)5-6-9-8;1-2-5-3-4-1/h2*1-6H;3H,1-2H2,(H,4,5). The molecule has 4 nitrogen and oxygen atoms in total. The van der Waals surface area contributed by atoms with Gasteiger partial charge in [0.1, 0.15) is 11.2 Å². The van der Waals surface area contributed by atoms with Gasteiger partial charge in [0, 0.05) is 17.3 Å². The van der Waals surface area contributed by atoms with Gasteiger partial charge in [0.2, 0.25) is 0 Å². The molecule has 2 aromatic carbocycles. The summed E-state index contributed by atoms with van der Waals surface area (Å²) in [6, 6.07) is 19.8. The van der Waals surface area contributed by atoms with Crippen molar-refractivity contribution in [3.63, 3.8) is 0 Å². The van der Waals surface area contributed by atoms with Crippen molar-refractivity contribution in [3.05, 3.63) is 73.2 Å². The second-order valence-corrected chi connectivity index (χ2v) is 4.91. The van der Waals surface area contributed by atoms with Crippen molar-refractivity contribution in [2.75, 3.05) is 13.1 Å². The summed E-state index contributed by atoms with van der Waals surface area (Å²) in [6.07, 6.45) is 5.13. The number of hydrogen-bond donors (Lipinski definition) is 1. The van der Waals surface area contributed by atoms with E-state index in [0.717, 1.165) is 35.0 Å². The number of furan rings is 2. The molecule has 23 heavy (non-hydrogen) atoms. The predicted octanol–water partition coefficient (Wildman–Crippen LogP) is 4.48. The summed E-state index contributed by atoms with van der Waals surface area (Å²) in [5, 5.41) is 5.26. The summed E-state index contributed by atoms with van der Waals surface area (Å²) in [4.78, 5) is 3.85. The number of benzene rings is 2. The highest BCUT2D eigenvalue weighted by Crippen LogP contribution is 2.13. The van der Waals surface area contributed by atoms with E-state index < -0.39 is 0 Å². The van der Waals surface area contributed by atoms with Crippen molar-refractivity contribution in [3.8, 4) is 0 Å². The molecule has 0 fully saturated rings. The molecule has 2 aromatic heterocycles. The van der Waals surface area contributed by atoms with Crippen LogP contribution in [0.2, 0.25) is 0 Å². The van der Waals surface area contributed by atoms with E-state index in [4.69, 9.17) is 8.83 Å². The summed E-state index contributed by atoms with van der Waals surface area (Å²) < 4.78 is 10.2. The van der Waals surface area contributed by atoms with Crippen LogP contribution in [-0.4, -0.2) is 19.4 Å². The summed E-state index contributed by atoms with van der Waals surface area (Å²) in [7, 11) is 0. The number of nitrogens with one attached hydrogen (secondary N) is 1. The molecule has 0 atom stereocenters. The van der Waals surface area contributed by atoms with Crippen molar-refractivity contribution < 1.29 is 8.83 Å². The number of fused-ring (bicyclic) bond motifs is 2. The average molecular weight is 306 g/mol. The molecule has 1 aliphatic heterocycles. The fraction of sp³-hybridized carbons (Fsp3) is 0.105. The molecule has 0 amide bonds. The molecular formula is C19H18N2O2. The topological polar surface area (TPSA) is 50.7 Å². The minimum atomic E-state index is 0.956. The molecule has 0 unspecified atom stereocenters. The van der Waals surface area contributed by atoms with Gasteiger partial charge in [-0.25, -0.2) is 0 Å². The molecule has 1 N–H and O–H groups in total. The predicted molar refractivity (Wildman–Crippen MR) is 93.8 cm³/mol. The monoisotopic (exact) mass is 306 g/mol. The SMILES string of the molecule is C1=NCCN1.c1ccc2occc2c1.c1ccc2occc2c1. The molecule has 0 saturated heterocycles. The summed E-state index contributed by atoms with van der Waals surface area (Å²) >= 11 is 0. The van der Waals surface area contributed by atoms with E-state index in [9.17, 15) is 0 Å². The lowest BCUT2D eigenvalue weighted by molar-refractivity contribution is 0.615. The van der Waals surface area contributed by atoms with Gasteiger partial charge in [-0.05, 0) is 24.3 Å². The van der Waals surface area contributed by atoms with Gasteiger partial charge in [0.15, 0.2) is 0 Å². The number of rotatable bonds is 0. The van der Waals surface area contributed by atoms with Gasteiger partial charge < -0.3 is 14.2 Å². The molecule has 0 radical (unpaired) electrons. The Hall–Kier alpha value is -3.01. The fourth-order valence-corrected chi connectivity index (χ4v) is 2.14. The van der Waals surface area contributed by atoms with Crippen LogP contribution in [0, 0.1) is 0 Å². The molecule has 0 spiro atoms. The second kappa shape index (κ2) is 7.84. The zero-order valence-electron chi connectivity index (χ0n) is 12.7. The molecular weight excluding hydrogens is 288 g/mol. The highest BCUT2D eigenvalue weighted by atomic mass is 16.3. The lowest BCUT2D eigenvalue weighted by Gasteiger charge is -1.81. The largest absolute Gasteiger partial charge is 0.464 e. The van der Waals surface area contributed by atoms with Gasteiger partial charge in [-0.1, -0.05) is 36.4 Å². The highest BCUT2D eigenvalue weighted by Gasteiger charge is 1.90. The van der Waals surface area contributed by atoms with Gasteiger partial charge in [-0.15, -0.1) is 0 Å². The van der Waals surface area contributed by atoms with Crippen molar-refractivity contribution in [2.45, 2.75) is 0 Å². The molecule has 116 valence electrons. The molecule has 0 bridgehead atoms. The van der Waals surface area contributed by atoms with Crippen molar-refractivity contribution in [1.29, 1.82) is 0 Å². The third-order valence-corrected chi connectivity index (χ3v) is 3.29. The summed E-state index contributed by atoms with van der Waals surface area (Å²) in [6.45, 7) is 1.99. The molecule has 4 heteroatoms. The van der Waals surface area contributed by atoms with Crippen molar-refractivity contribution >= 4 is 28.3 Å². The van der Waals surface area contributed by atoms with E-state index >= 15 is 0 Å². The first-order chi connectivity index (χ1) is 11.4. The Morgan fingerprint density at radius 3 is 1.70 bits per heavy atom. The highest BCUT2D eigenvalue weighted by molar-refractivity contribution is 5.77. The average Bonchev–Trinajstić information content (AvgIpc) is 3.37. The number of para-hydroxylation sites is 2. The molecule has 0 saturated carbocycles. The quantitative estimate of drug-likeness (QED) is 0.521. The minimum Gasteiger partial charge on any atom is -0.464 e. The second-order valence-electron chi connectivity index (χ2n) is 4.91. The van der Waals surface area contributed by atoms with Gasteiger partial charge in [0.05, 0.1) is 25.4 Å². The lowest BCUT2D eigenvalue weighted by atomic mass is 10.3. The van der Waals surface area contributed by atoms with Crippen LogP contribution < -0.4 is 5.32 Å². The Bertz CT molecular complexity index is 745. The Balaban J connectivity index is 0.000000107. The molecule has 0 aliphatic carbocycles. The summed E-state index contributed by atoms with van der Waals surface area (Å²) in [5.74, 6) is 0. The molecule has 1 aliphatic rings. The maximum absolute atomic E-state index is 5.12. The first-order valence-corrected chi connectivity index (χ1v) is 7.50. The Morgan fingerprint density at radius 2 is 1.30 bits per heavy atom. The zero-order valence-corrected chi connectivity index (χ0v) is 12.7. The number of hydrogen-bond acceptors (Lipinski definition) is 4. The van der Waals surface area contributed by atoms with Gasteiger partial charge in [0.25, 0.3) is 0 Å². The Labute approximate surface area is 134 Å². The van der Waals surface area contributed by atoms with Crippen LogP contribution in [0.1, 0.15) is 0 Å². The van der Waals surface area contributed by atoms with E-state index in [-0.39, 0.29) is 0 Å². The van der Waals surface area contributed by atoms with Crippen LogP contribution in [-0.2, 0) is 0 Å². The minimum absolute atomic E-state index is 0.956. The van der Waals surface area contributed by atoms with E-state index in [0.29, 0.717) is 0 Å². The maximum atomic E-state index is 5.12. The van der Waals surface area contributed by atoms with Crippen LogP contribution in [0.5, 0.6) is 0 Å². The van der Waals surface area contributed by atoms with Crippen molar-refractivity contribution in [1.82, 2.24) is 5.32 Å². The van der Waals surface area contributed by atoms with Crippen LogP contribution in [0.4, 0.5) is 0 Å². The van der Waals surface area contributed by atoms with Crippen LogP contribution in [0.25, 0.3) is 21.9 Å². The fourth-order valence-electron chi connectivity index (χ4n) is 2.14. The number of aliphatic imine (C=N–C) groups is 1. The Kier molecular flexibility index (Phi) is 5.08. The third kappa shape index (κ3) is 4.23. The Morgan fingerprint density at radius 1 is 0.739 bits per heavy atom. The van der Waals surface area contributed by atoms with Gasteiger partial charge >= 0.3 is 0 Å². The maximum Gasteiger partial charge on any atom is 0.133 e. The van der Waals surface area contributed by atoms with E-state index in [2.05, 4.69) is 10.3 Å². The normalized spacial score (nSPS) is 12.2. The zero-order chi connectivity index (χ0) is 15.7. The van der Waals surface area contributed by atoms with Crippen LogP contribution in [0.15, 0.2) is 87.0 Å². The lowest BCUT2D eigenvalue weighted by Crippen LogP contribution is -2.04. The van der Waals surface area contributed by atoms with Crippen LogP contribution in [0.3, 0.4) is 0 Å². The first kappa shape index (κ1) is 14.9. The molecule has 5 rings (SSSR count). The van der Waals surface area contributed by atoms with E-state index in [1.54, 1.807) is 18.9 Å². The van der Waals surface area contributed by atoms with Gasteiger partial charge in [-0.3, -0.25) is 4.99 Å². The van der Waals surface area contributed by atoms with E-state index in [1.807, 2.05) is 60.7 Å². The van der Waals surface area contributed by atoms with E-state index in [1.165, 1.54) is 0 Å². The molecule has 4 aromatic rings. The first-order valence-electron chi connectivity index (χ1n) is 7.50. The summed E-state index contributed by atoms with van der Waals surface area (Å²) in [5.41, 5.74) is 1.91. The molecule has 3 heterocycles. The van der Waals surface area contributed by atoms with Crippen molar-refractivity contribution in [2.24, 2.45) is 4.99 Å². The smallest absolute Gasteiger partial charge is 0.133 e.